The van der Waals surface area contributed by atoms with Gasteiger partial charge in [-0.25, -0.2) is 0 Å². The number of benzene rings is 1. The Morgan fingerprint density at radius 3 is 2.52 bits per heavy atom. The van der Waals surface area contributed by atoms with Crippen LogP contribution in [0.3, 0.4) is 0 Å². The summed E-state index contributed by atoms with van der Waals surface area (Å²) in [5, 5.41) is 12.4. The Balaban J connectivity index is 1.69. The van der Waals surface area contributed by atoms with Gasteiger partial charge in [0.25, 0.3) is 5.95 Å². The molecule has 23 heavy (non-hydrogen) atoms. The minimum Gasteiger partial charge on any atom is -0.365 e. The van der Waals surface area contributed by atoms with Crippen LogP contribution in [0.1, 0.15) is 39.5 Å². The standard InChI is InChI=1S/C17H23N5O/c1-16(2)12-21(13-17(23-16)10-6-7-11-17)15-18-19-20-22(15)14-8-4-3-5-9-14/h3-5,8-9H,6-7,10-13H2,1-2H3. The predicted molar refractivity (Wildman–Crippen MR) is 87.7 cm³/mol. The molecule has 6 heteroatoms. The maximum absolute atomic E-state index is 6.48. The number of aromatic nitrogens is 4. The summed E-state index contributed by atoms with van der Waals surface area (Å²) in [4.78, 5) is 2.29. The Bertz CT molecular complexity index is 675. The highest BCUT2D eigenvalue weighted by molar-refractivity contribution is 5.42. The lowest BCUT2D eigenvalue weighted by atomic mass is 9.94. The van der Waals surface area contributed by atoms with Crippen molar-refractivity contribution in [1.29, 1.82) is 0 Å². The van der Waals surface area contributed by atoms with Gasteiger partial charge in [0.05, 0.1) is 23.4 Å². The highest BCUT2D eigenvalue weighted by Crippen LogP contribution is 2.41. The third-order valence-corrected chi connectivity index (χ3v) is 4.79. The smallest absolute Gasteiger partial charge is 0.250 e. The van der Waals surface area contributed by atoms with Crippen molar-refractivity contribution < 1.29 is 4.74 Å². The van der Waals surface area contributed by atoms with Crippen LogP contribution in [-0.4, -0.2) is 44.5 Å². The first-order chi connectivity index (χ1) is 11.1. The summed E-state index contributed by atoms with van der Waals surface area (Å²) < 4.78 is 8.30. The fraction of sp³-hybridized carbons (Fsp3) is 0.588. The van der Waals surface area contributed by atoms with Crippen molar-refractivity contribution in [2.45, 2.75) is 50.7 Å². The van der Waals surface area contributed by atoms with E-state index < -0.39 is 0 Å². The second-order valence-corrected chi connectivity index (χ2v) is 7.33. The summed E-state index contributed by atoms with van der Waals surface area (Å²) in [6, 6.07) is 10.1. The van der Waals surface area contributed by atoms with E-state index >= 15 is 0 Å². The molecular weight excluding hydrogens is 290 g/mol. The van der Waals surface area contributed by atoms with Crippen LogP contribution in [0.25, 0.3) is 5.69 Å². The molecule has 1 aromatic carbocycles. The Labute approximate surface area is 136 Å². The molecule has 6 nitrogen and oxygen atoms in total. The van der Waals surface area contributed by atoms with Crippen LogP contribution in [-0.2, 0) is 4.74 Å². The molecule has 0 bridgehead atoms. The third-order valence-electron chi connectivity index (χ3n) is 4.79. The average molecular weight is 313 g/mol. The summed E-state index contributed by atoms with van der Waals surface area (Å²) in [5.41, 5.74) is 0.739. The molecule has 1 saturated carbocycles. The van der Waals surface area contributed by atoms with Crippen molar-refractivity contribution in [1.82, 2.24) is 20.2 Å². The van der Waals surface area contributed by atoms with Gasteiger partial charge >= 0.3 is 0 Å². The molecule has 0 N–H and O–H groups in total. The van der Waals surface area contributed by atoms with Crippen molar-refractivity contribution in [3.8, 4) is 5.69 Å². The molecule has 2 aliphatic rings. The molecule has 4 rings (SSSR count). The van der Waals surface area contributed by atoms with Crippen molar-refractivity contribution in [3.63, 3.8) is 0 Å². The number of hydrogen-bond acceptors (Lipinski definition) is 5. The second kappa shape index (κ2) is 5.30. The predicted octanol–water partition coefficient (Wildman–Crippen LogP) is 2.59. The zero-order valence-electron chi connectivity index (χ0n) is 13.8. The first kappa shape index (κ1) is 14.6. The highest BCUT2D eigenvalue weighted by Gasteiger charge is 2.46. The summed E-state index contributed by atoms with van der Waals surface area (Å²) >= 11 is 0. The van der Waals surface area contributed by atoms with Crippen LogP contribution in [0.2, 0.25) is 0 Å². The third kappa shape index (κ3) is 2.72. The van der Waals surface area contributed by atoms with Crippen molar-refractivity contribution in [3.05, 3.63) is 30.3 Å². The molecule has 122 valence electrons. The van der Waals surface area contributed by atoms with Crippen molar-refractivity contribution >= 4 is 5.95 Å². The normalized spacial score (nSPS) is 22.6. The van der Waals surface area contributed by atoms with Crippen LogP contribution in [0.15, 0.2) is 30.3 Å². The fourth-order valence-corrected chi connectivity index (χ4v) is 4.05. The molecule has 1 aliphatic carbocycles. The topological polar surface area (TPSA) is 56.1 Å². The highest BCUT2D eigenvalue weighted by atomic mass is 16.5. The van der Waals surface area contributed by atoms with Gasteiger partial charge in [-0.05, 0) is 49.2 Å². The fourth-order valence-electron chi connectivity index (χ4n) is 4.05. The number of ether oxygens (including phenoxy) is 1. The van der Waals surface area contributed by atoms with Gasteiger partial charge in [0.2, 0.25) is 0 Å². The number of morpholine rings is 1. The summed E-state index contributed by atoms with van der Waals surface area (Å²) in [5.74, 6) is 0.804. The lowest BCUT2D eigenvalue weighted by Gasteiger charge is -2.48. The molecule has 2 aromatic rings. The first-order valence-electron chi connectivity index (χ1n) is 8.36. The summed E-state index contributed by atoms with van der Waals surface area (Å²) in [6.45, 7) is 5.98. The minimum atomic E-state index is -0.198. The summed E-state index contributed by atoms with van der Waals surface area (Å²) in [6.07, 6.45) is 4.74. The zero-order valence-corrected chi connectivity index (χ0v) is 13.8. The van der Waals surface area contributed by atoms with E-state index in [4.69, 9.17) is 4.74 Å². The number of tetrazole rings is 1. The maximum atomic E-state index is 6.48. The Morgan fingerprint density at radius 1 is 1.04 bits per heavy atom. The lowest BCUT2D eigenvalue weighted by molar-refractivity contribution is -0.148. The Kier molecular flexibility index (Phi) is 3.37. The molecule has 2 fully saturated rings. The number of rotatable bonds is 2. The van der Waals surface area contributed by atoms with E-state index in [9.17, 15) is 0 Å². The molecule has 2 heterocycles. The van der Waals surface area contributed by atoms with Gasteiger partial charge in [0, 0.05) is 6.54 Å². The quantitative estimate of drug-likeness (QED) is 0.853. The molecule has 1 saturated heterocycles. The Hall–Kier alpha value is -1.95. The molecule has 1 aliphatic heterocycles. The number of anilines is 1. The van der Waals surface area contributed by atoms with E-state index in [-0.39, 0.29) is 11.2 Å². The van der Waals surface area contributed by atoms with E-state index in [0.29, 0.717) is 0 Å². The van der Waals surface area contributed by atoms with Crippen molar-refractivity contribution in [2.24, 2.45) is 0 Å². The summed E-state index contributed by atoms with van der Waals surface area (Å²) in [7, 11) is 0. The van der Waals surface area contributed by atoms with Gasteiger partial charge in [-0.15, -0.1) is 0 Å². The number of nitrogens with zero attached hydrogens (tertiary/aromatic N) is 5. The van der Waals surface area contributed by atoms with Crippen molar-refractivity contribution in [2.75, 3.05) is 18.0 Å². The van der Waals surface area contributed by atoms with E-state index in [1.807, 2.05) is 35.0 Å². The molecule has 0 amide bonds. The lowest BCUT2D eigenvalue weighted by Crippen LogP contribution is -2.59. The molecule has 1 aromatic heterocycles. The van der Waals surface area contributed by atoms with E-state index in [1.54, 1.807) is 0 Å². The first-order valence-corrected chi connectivity index (χ1v) is 8.36. The van der Waals surface area contributed by atoms with Crippen LogP contribution in [0.4, 0.5) is 5.95 Å². The molecule has 0 atom stereocenters. The molecule has 1 spiro atoms. The van der Waals surface area contributed by atoms with E-state index in [2.05, 4.69) is 34.3 Å². The minimum absolute atomic E-state index is 0.0464. The Morgan fingerprint density at radius 2 is 1.78 bits per heavy atom. The molecule has 0 radical (unpaired) electrons. The average Bonchev–Trinajstić information content (AvgIpc) is 3.16. The van der Waals surface area contributed by atoms with Gasteiger partial charge in [-0.1, -0.05) is 36.1 Å². The van der Waals surface area contributed by atoms with Gasteiger partial charge in [-0.2, -0.15) is 4.68 Å². The maximum Gasteiger partial charge on any atom is 0.250 e. The van der Waals surface area contributed by atoms with E-state index in [0.717, 1.165) is 37.6 Å². The largest absolute Gasteiger partial charge is 0.365 e. The molecule has 0 unspecified atom stereocenters. The zero-order chi connectivity index (χ0) is 15.9. The van der Waals surface area contributed by atoms with Gasteiger partial charge in [-0.3, -0.25) is 0 Å². The van der Waals surface area contributed by atoms with Crippen LogP contribution in [0, 0.1) is 0 Å². The number of para-hydroxylation sites is 1. The second-order valence-electron chi connectivity index (χ2n) is 7.33. The van der Waals surface area contributed by atoms with Crippen LogP contribution in [0.5, 0.6) is 0 Å². The number of hydrogen-bond donors (Lipinski definition) is 0. The van der Waals surface area contributed by atoms with Crippen LogP contribution < -0.4 is 4.90 Å². The van der Waals surface area contributed by atoms with Gasteiger partial charge < -0.3 is 9.64 Å². The van der Waals surface area contributed by atoms with Gasteiger partial charge in [0.1, 0.15) is 0 Å². The monoisotopic (exact) mass is 313 g/mol. The van der Waals surface area contributed by atoms with E-state index in [1.165, 1.54) is 12.8 Å². The molecular formula is C17H23N5O. The SMILES string of the molecule is CC1(C)CN(c2nnnn2-c2ccccc2)CC2(CCCC2)O1. The van der Waals surface area contributed by atoms with Crippen LogP contribution >= 0.6 is 0 Å². The van der Waals surface area contributed by atoms with Gasteiger partial charge in [0.15, 0.2) is 0 Å².